The third-order valence-electron chi connectivity index (χ3n) is 5.53. The SMILES string of the molecule is Cc1c(C(=O)Nc2cnc(C(=O)NCCCCN)c(C#N)c2)cnn1-c1cncc2ccccc12. The zero-order valence-electron chi connectivity index (χ0n) is 19.2. The molecule has 0 atom stereocenters. The van der Waals surface area contributed by atoms with Crippen LogP contribution < -0.4 is 16.4 Å². The number of rotatable bonds is 8. The Bertz CT molecular complexity index is 1430. The van der Waals surface area contributed by atoms with E-state index in [0.29, 0.717) is 30.0 Å². The van der Waals surface area contributed by atoms with Crippen molar-refractivity contribution < 1.29 is 9.59 Å². The highest BCUT2D eigenvalue weighted by Crippen LogP contribution is 2.23. The van der Waals surface area contributed by atoms with E-state index in [2.05, 4.69) is 25.7 Å². The first-order valence-electron chi connectivity index (χ1n) is 11.1. The molecule has 0 unspecified atom stereocenters. The first-order chi connectivity index (χ1) is 17.0. The minimum Gasteiger partial charge on any atom is -0.351 e. The van der Waals surface area contributed by atoms with Crippen LogP contribution in [0.3, 0.4) is 0 Å². The van der Waals surface area contributed by atoms with E-state index in [-0.39, 0.29) is 11.3 Å². The summed E-state index contributed by atoms with van der Waals surface area (Å²) >= 11 is 0. The maximum atomic E-state index is 13.0. The number of anilines is 1. The van der Waals surface area contributed by atoms with Crippen molar-refractivity contribution in [2.24, 2.45) is 5.73 Å². The van der Waals surface area contributed by atoms with E-state index in [4.69, 9.17) is 5.73 Å². The van der Waals surface area contributed by atoms with E-state index in [1.54, 1.807) is 24.0 Å². The second kappa shape index (κ2) is 10.5. The van der Waals surface area contributed by atoms with Gasteiger partial charge in [-0.15, -0.1) is 0 Å². The predicted molar refractivity (Wildman–Crippen MR) is 131 cm³/mol. The molecular weight excluding hydrogens is 444 g/mol. The van der Waals surface area contributed by atoms with Crippen molar-refractivity contribution in [1.82, 2.24) is 25.1 Å². The molecule has 10 nitrogen and oxygen atoms in total. The molecule has 0 saturated carbocycles. The van der Waals surface area contributed by atoms with Crippen molar-refractivity contribution >= 4 is 28.3 Å². The lowest BCUT2D eigenvalue weighted by Crippen LogP contribution is -2.26. The smallest absolute Gasteiger partial charge is 0.271 e. The van der Waals surface area contributed by atoms with E-state index < -0.39 is 11.8 Å². The Morgan fingerprint density at radius 1 is 1.11 bits per heavy atom. The number of amides is 2. The van der Waals surface area contributed by atoms with Crippen LogP contribution >= 0.6 is 0 Å². The van der Waals surface area contributed by atoms with Crippen molar-refractivity contribution in [3.05, 3.63) is 77.6 Å². The van der Waals surface area contributed by atoms with Gasteiger partial charge in [-0.1, -0.05) is 24.3 Å². The second-order valence-corrected chi connectivity index (χ2v) is 7.87. The Balaban J connectivity index is 1.53. The molecule has 4 rings (SSSR count). The zero-order chi connectivity index (χ0) is 24.8. The highest BCUT2D eigenvalue weighted by molar-refractivity contribution is 6.05. The van der Waals surface area contributed by atoms with Crippen molar-refractivity contribution in [3.63, 3.8) is 0 Å². The monoisotopic (exact) mass is 468 g/mol. The number of nitrogens with one attached hydrogen (secondary N) is 2. The summed E-state index contributed by atoms with van der Waals surface area (Å²) in [6.07, 6.45) is 7.83. The van der Waals surface area contributed by atoms with Crippen LogP contribution in [0.5, 0.6) is 0 Å². The molecule has 10 heteroatoms. The van der Waals surface area contributed by atoms with Crippen LogP contribution in [-0.2, 0) is 0 Å². The highest BCUT2D eigenvalue weighted by Gasteiger charge is 2.19. The maximum Gasteiger partial charge on any atom is 0.271 e. The van der Waals surface area contributed by atoms with Gasteiger partial charge in [0.1, 0.15) is 11.8 Å². The molecule has 3 heterocycles. The normalized spacial score (nSPS) is 10.7. The van der Waals surface area contributed by atoms with E-state index in [1.807, 2.05) is 30.3 Å². The number of nitrogens with zero attached hydrogens (tertiary/aromatic N) is 5. The minimum atomic E-state index is -0.447. The van der Waals surface area contributed by atoms with Gasteiger partial charge < -0.3 is 16.4 Å². The van der Waals surface area contributed by atoms with Crippen LogP contribution in [0.15, 0.2) is 55.1 Å². The van der Waals surface area contributed by atoms with Gasteiger partial charge in [0.15, 0.2) is 0 Å². The lowest BCUT2D eigenvalue weighted by Gasteiger charge is -2.10. The molecule has 2 amide bonds. The number of hydrogen-bond acceptors (Lipinski definition) is 7. The molecule has 3 aromatic heterocycles. The number of pyridine rings is 2. The molecule has 35 heavy (non-hydrogen) atoms. The summed E-state index contributed by atoms with van der Waals surface area (Å²) < 4.78 is 1.67. The van der Waals surface area contributed by atoms with E-state index >= 15 is 0 Å². The maximum absolute atomic E-state index is 13.0. The van der Waals surface area contributed by atoms with E-state index in [0.717, 1.165) is 29.3 Å². The quantitative estimate of drug-likeness (QED) is 0.336. The number of unbranched alkanes of at least 4 members (excludes halogenated alkanes) is 1. The fraction of sp³-hybridized carbons (Fsp3) is 0.200. The average Bonchev–Trinajstić information content (AvgIpc) is 3.27. The molecule has 0 bridgehead atoms. The Hall–Kier alpha value is -4.62. The van der Waals surface area contributed by atoms with Crippen LogP contribution in [-0.4, -0.2) is 44.7 Å². The number of carbonyl (C=O) groups excluding carboxylic acids is 2. The largest absolute Gasteiger partial charge is 0.351 e. The summed E-state index contributed by atoms with van der Waals surface area (Å²) in [6, 6.07) is 11.2. The van der Waals surface area contributed by atoms with Crippen LogP contribution in [0.1, 0.15) is 44.9 Å². The Labute approximate surface area is 201 Å². The van der Waals surface area contributed by atoms with Crippen LogP contribution in [0.4, 0.5) is 5.69 Å². The van der Waals surface area contributed by atoms with Crippen molar-refractivity contribution in [2.45, 2.75) is 19.8 Å². The number of nitriles is 1. The molecule has 176 valence electrons. The number of carbonyl (C=O) groups is 2. The fourth-order valence-corrected chi connectivity index (χ4v) is 3.70. The first kappa shape index (κ1) is 23.5. The van der Waals surface area contributed by atoms with Gasteiger partial charge in [0, 0.05) is 23.5 Å². The molecule has 0 saturated heterocycles. The van der Waals surface area contributed by atoms with Gasteiger partial charge in [-0.2, -0.15) is 10.4 Å². The van der Waals surface area contributed by atoms with Crippen molar-refractivity contribution in [2.75, 3.05) is 18.4 Å². The molecule has 0 spiro atoms. The Morgan fingerprint density at radius 2 is 1.94 bits per heavy atom. The summed E-state index contributed by atoms with van der Waals surface area (Å²) in [7, 11) is 0. The number of hydrogen-bond donors (Lipinski definition) is 3. The van der Waals surface area contributed by atoms with Crippen LogP contribution in [0.2, 0.25) is 0 Å². The standard InChI is InChI=1S/C25H24N8O2/c1-16-21(14-31-33(16)22-15-28-12-17-6-2-3-7-20(17)22)24(34)32-19-10-18(11-27)23(30-13-19)25(35)29-9-5-4-8-26/h2-3,6-7,10,12-15H,4-5,8-9,26H2,1H3,(H,29,35)(H,32,34). The summed E-state index contributed by atoms with van der Waals surface area (Å²) in [5, 5.41) is 21.3. The van der Waals surface area contributed by atoms with E-state index in [1.165, 1.54) is 18.5 Å². The van der Waals surface area contributed by atoms with Crippen molar-refractivity contribution in [1.29, 1.82) is 5.26 Å². The Morgan fingerprint density at radius 3 is 2.74 bits per heavy atom. The van der Waals surface area contributed by atoms with Gasteiger partial charge in [-0.25, -0.2) is 9.67 Å². The number of aromatic nitrogens is 4. The average molecular weight is 469 g/mol. The van der Waals surface area contributed by atoms with Gasteiger partial charge >= 0.3 is 0 Å². The predicted octanol–water partition coefficient (Wildman–Crippen LogP) is 2.72. The molecule has 0 aliphatic carbocycles. The molecule has 4 aromatic rings. The molecular formula is C25H24N8O2. The number of nitrogens with two attached hydrogens (primary N) is 1. The number of fused-ring (bicyclic) bond motifs is 1. The third kappa shape index (κ3) is 5.00. The molecule has 0 aliphatic rings. The molecule has 0 radical (unpaired) electrons. The van der Waals surface area contributed by atoms with Gasteiger partial charge in [0.25, 0.3) is 11.8 Å². The topological polar surface area (TPSA) is 152 Å². The lowest BCUT2D eigenvalue weighted by atomic mass is 10.1. The second-order valence-electron chi connectivity index (χ2n) is 7.87. The summed E-state index contributed by atoms with van der Waals surface area (Å²) in [4.78, 5) is 33.7. The Kier molecular flexibility index (Phi) is 7.09. The molecule has 1 aromatic carbocycles. The van der Waals surface area contributed by atoms with Gasteiger partial charge in [0.2, 0.25) is 0 Å². The molecule has 0 aliphatic heterocycles. The minimum absolute atomic E-state index is 0.00528. The zero-order valence-corrected chi connectivity index (χ0v) is 19.2. The van der Waals surface area contributed by atoms with Crippen molar-refractivity contribution in [3.8, 4) is 11.8 Å². The summed E-state index contributed by atoms with van der Waals surface area (Å²) in [5.74, 6) is -0.858. The summed E-state index contributed by atoms with van der Waals surface area (Å²) in [5.41, 5.74) is 7.56. The molecule has 4 N–H and O–H groups in total. The highest BCUT2D eigenvalue weighted by atomic mass is 16.2. The van der Waals surface area contributed by atoms with E-state index in [9.17, 15) is 14.9 Å². The molecule has 0 fully saturated rings. The third-order valence-corrected chi connectivity index (χ3v) is 5.53. The number of benzene rings is 1. The van der Waals surface area contributed by atoms with Gasteiger partial charge in [-0.3, -0.25) is 14.6 Å². The van der Waals surface area contributed by atoms with Crippen LogP contribution in [0, 0.1) is 18.3 Å². The van der Waals surface area contributed by atoms with Crippen LogP contribution in [0.25, 0.3) is 16.5 Å². The summed E-state index contributed by atoms with van der Waals surface area (Å²) in [6.45, 7) is 2.78. The van der Waals surface area contributed by atoms with Gasteiger partial charge in [0.05, 0.1) is 46.8 Å². The van der Waals surface area contributed by atoms with Gasteiger partial charge in [-0.05, 0) is 32.4 Å². The fourth-order valence-electron chi connectivity index (χ4n) is 3.70. The lowest BCUT2D eigenvalue weighted by molar-refractivity contribution is 0.0947. The first-order valence-corrected chi connectivity index (χ1v) is 11.1.